The van der Waals surface area contributed by atoms with Crippen LogP contribution in [0, 0.1) is 0 Å². The van der Waals surface area contributed by atoms with Crippen LogP contribution in [0.2, 0.25) is 0 Å². The molecule has 0 aliphatic rings. The minimum atomic E-state index is -4.52. The predicted octanol–water partition coefficient (Wildman–Crippen LogP) is 4.31. The molecule has 0 aliphatic carbocycles. The van der Waals surface area contributed by atoms with Gasteiger partial charge in [0.15, 0.2) is 5.65 Å². The number of ether oxygens (including phenoxy) is 1. The topological polar surface area (TPSA) is 99.8 Å². The molecule has 0 unspecified atom stereocenters. The summed E-state index contributed by atoms with van der Waals surface area (Å²) < 4.78 is 70.3. The Hall–Kier alpha value is -4.62. The van der Waals surface area contributed by atoms with E-state index in [4.69, 9.17) is 0 Å². The molecule has 0 aliphatic heterocycles. The Balaban J connectivity index is 1.69. The van der Waals surface area contributed by atoms with Crippen LogP contribution in [0.1, 0.15) is 0 Å². The van der Waals surface area contributed by atoms with Gasteiger partial charge in [0.2, 0.25) is 5.95 Å². The van der Waals surface area contributed by atoms with E-state index in [-0.39, 0.29) is 34.2 Å². The zero-order chi connectivity index (χ0) is 26.3. The van der Waals surface area contributed by atoms with Gasteiger partial charge in [0.25, 0.3) is 5.56 Å². The van der Waals surface area contributed by atoms with Gasteiger partial charge in [-0.15, -0.1) is 0 Å². The maximum Gasteiger partial charge on any atom is 0.405 e. The minimum Gasteiger partial charge on any atom is -0.435 e. The third-order valence-corrected chi connectivity index (χ3v) is 5.26. The van der Waals surface area contributed by atoms with Crippen molar-refractivity contribution in [1.82, 2.24) is 29.3 Å². The highest BCUT2D eigenvalue weighted by Gasteiger charge is 2.27. The van der Waals surface area contributed by atoms with E-state index in [0.717, 1.165) is 9.95 Å². The summed E-state index contributed by atoms with van der Waals surface area (Å²) in [5, 5.41) is 7.12. The van der Waals surface area contributed by atoms with Crippen molar-refractivity contribution < 1.29 is 26.7 Å². The van der Waals surface area contributed by atoms with E-state index in [2.05, 4.69) is 30.1 Å². The number of alkyl halides is 5. The molecule has 0 atom stereocenters. The van der Waals surface area contributed by atoms with Crippen molar-refractivity contribution in [2.45, 2.75) is 12.8 Å². The van der Waals surface area contributed by atoms with Crippen molar-refractivity contribution in [3.8, 4) is 22.7 Å². The molecule has 190 valence electrons. The monoisotopic (exact) mass is 517 g/mol. The molecule has 5 rings (SSSR count). The molecule has 9 nitrogen and oxygen atoms in total. The number of benzene rings is 2. The summed E-state index contributed by atoms with van der Waals surface area (Å²) in [5.74, 6) is -0.517. The summed E-state index contributed by atoms with van der Waals surface area (Å²) >= 11 is 0. The fraction of sp³-hybridized carbons (Fsp3) is 0.174. The number of hydrogen-bond donors (Lipinski definition) is 1. The first-order chi connectivity index (χ1) is 17.6. The van der Waals surface area contributed by atoms with Gasteiger partial charge in [-0.3, -0.25) is 14.0 Å². The number of aryl methyl sites for hydroxylation is 1. The van der Waals surface area contributed by atoms with Crippen molar-refractivity contribution in [2.24, 2.45) is 7.05 Å². The smallest absolute Gasteiger partial charge is 0.405 e. The first-order valence-electron chi connectivity index (χ1n) is 10.7. The zero-order valence-corrected chi connectivity index (χ0v) is 18.9. The van der Waals surface area contributed by atoms with Crippen LogP contribution in [-0.4, -0.2) is 48.6 Å². The highest BCUT2D eigenvalue weighted by atomic mass is 19.4. The minimum absolute atomic E-state index is 0.0192. The number of halogens is 5. The van der Waals surface area contributed by atoms with E-state index in [0.29, 0.717) is 11.1 Å². The summed E-state index contributed by atoms with van der Waals surface area (Å²) in [6.45, 7) is -4.43. The Morgan fingerprint density at radius 3 is 2.51 bits per heavy atom. The van der Waals surface area contributed by atoms with Crippen molar-refractivity contribution in [2.75, 3.05) is 11.9 Å². The number of anilines is 1. The van der Waals surface area contributed by atoms with Gasteiger partial charge in [-0.05, 0) is 36.4 Å². The van der Waals surface area contributed by atoms with Crippen LogP contribution in [0.25, 0.3) is 39.0 Å². The Morgan fingerprint density at radius 1 is 1.05 bits per heavy atom. The molecule has 0 fully saturated rings. The predicted molar refractivity (Wildman–Crippen MR) is 124 cm³/mol. The highest BCUT2D eigenvalue weighted by Crippen LogP contribution is 2.25. The molecule has 14 heteroatoms. The van der Waals surface area contributed by atoms with Crippen LogP contribution in [0.4, 0.5) is 27.9 Å². The summed E-state index contributed by atoms with van der Waals surface area (Å²) in [4.78, 5) is 26.1. The SMILES string of the molecule is Cn1cc2cc(-c3nc4cnc(NCC(F)(F)F)nc4n(-c4ccc(OC(F)F)cc4)c3=O)ccc2n1. The molecule has 0 bridgehead atoms. The van der Waals surface area contributed by atoms with Crippen molar-refractivity contribution in [1.29, 1.82) is 0 Å². The lowest BCUT2D eigenvalue weighted by Gasteiger charge is -2.14. The molecule has 1 N–H and O–H groups in total. The van der Waals surface area contributed by atoms with Gasteiger partial charge in [0.05, 0.1) is 17.4 Å². The lowest BCUT2D eigenvalue weighted by Crippen LogP contribution is -2.25. The van der Waals surface area contributed by atoms with Crippen LogP contribution < -0.4 is 15.6 Å². The zero-order valence-electron chi connectivity index (χ0n) is 18.9. The number of nitrogens with zero attached hydrogens (tertiary/aromatic N) is 6. The van der Waals surface area contributed by atoms with Crippen LogP contribution in [0.15, 0.2) is 59.7 Å². The molecule has 2 aromatic carbocycles. The van der Waals surface area contributed by atoms with Crippen LogP contribution >= 0.6 is 0 Å². The van der Waals surface area contributed by atoms with E-state index in [9.17, 15) is 26.7 Å². The summed E-state index contributed by atoms with van der Waals surface area (Å²) in [6, 6.07) is 10.3. The molecule has 5 aromatic rings. The molecule has 3 aromatic heterocycles. The van der Waals surface area contributed by atoms with Gasteiger partial charge in [0.1, 0.15) is 23.5 Å². The fourth-order valence-corrected chi connectivity index (χ4v) is 3.75. The van der Waals surface area contributed by atoms with E-state index < -0.39 is 24.9 Å². The maximum absolute atomic E-state index is 13.7. The number of fused-ring (bicyclic) bond motifs is 2. The van der Waals surface area contributed by atoms with Gasteiger partial charge in [-0.2, -0.15) is 32.0 Å². The van der Waals surface area contributed by atoms with Crippen LogP contribution in [0.3, 0.4) is 0 Å². The number of nitrogens with one attached hydrogen (secondary N) is 1. The second kappa shape index (κ2) is 9.11. The number of aromatic nitrogens is 6. The molecule has 0 spiro atoms. The summed E-state index contributed by atoms with van der Waals surface area (Å²) in [6.07, 6.45) is -1.56. The van der Waals surface area contributed by atoms with Gasteiger partial charge in [0, 0.05) is 24.2 Å². The van der Waals surface area contributed by atoms with Gasteiger partial charge >= 0.3 is 12.8 Å². The molecule has 0 saturated carbocycles. The molecule has 0 amide bonds. The Morgan fingerprint density at radius 2 is 1.81 bits per heavy atom. The average Bonchev–Trinajstić information content (AvgIpc) is 3.21. The van der Waals surface area contributed by atoms with Crippen molar-refractivity contribution in [3.63, 3.8) is 0 Å². The van der Waals surface area contributed by atoms with Gasteiger partial charge in [-0.25, -0.2) is 9.97 Å². The van der Waals surface area contributed by atoms with Crippen molar-refractivity contribution in [3.05, 3.63) is 65.2 Å². The Kier molecular flexibility index (Phi) is 5.93. The molecule has 0 saturated heterocycles. The lowest BCUT2D eigenvalue weighted by atomic mass is 10.1. The quantitative estimate of drug-likeness (QED) is 0.335. The summed E-state index contributed by atoms with van der Waals surface area (Å²) in [7, 11) is 1.75. The lowest BCUT2D eigenvalue weighted by molar-refractivity contribution is -0.115. The third-order valence-electron chi connectivity index (χ3n) is 5.26. The summed E-state index contributed by atoms with van der Waals surface area (Å²) in [5.41, 5.74) is 0.765. The maximum atomic E-state index is 13.7. The van der Waals surface area contributed by atoms with E-state index >= 15 is 0 Å². The second-order valence-electron chi connectivity index (χ2n) is 7.92. The highest BCUT2D eigenvalue weighted by molar-refractivity contribution is 5.84. The largest absolute Gasteiger partial charge is 0.435 e. The second-order valence-corrected chi connectivity index (χ2v) is 7.92. The van der Waals surface area contributed by atoms with Gasteiger partial charge < -0.3 is 10.1 Å². The first-order valence-corrected chi connectivity index (χ1v) is 10.7. The van der Waals surface area contributed by atoms with Crippen LogP contribution in [-0.2, 0) is 7.05 Å². The van der Waals surface area contributed by atoms with E-state index in [1.807, 2.05) is 0 Å². The Bertz CT molecular complexity index is 1660. The fourth-order valence-electron chi connectivity index (χ4n) is 3.75. The molecular weight excluding hydrogens is 501 g/mol. The number of rotatable bonds is 6. The van der Waals surface area contributed by atoms with Crippen LogP contribution in [0.5, 0.6) is 5.75 Å². The standard InChI is InChI=1S/C23H16F5N7O2/c1-34-10-13-8-12(2-7-16(13)33-34)18-20(36)35(14-3-5-15(6-4-14)37-21(24)25)19-17(31-18)9-29-22(32-19)30-11-23(26,27)28/h2-10,21H,11H2,1H3,(H,29,30,32). The van der Waals surface area contributed by atoms with E-state index in [1.165, 1.54) is 30.5 Å². The Labute approximate surface area is 204 Å². The van der Waals surface area contributed by atoms with E-state index in [1.54, 1.807) is 36.1 Å². The average molecular weight is 517 g/mol. The molecule has 0 radical (unpaired) electrons. The first kappa shape index (κ1) is 24.1. The normalized spacial score (nSPS) is 12.0. The van der Waals surface area contributed by atoms with Crippen molar-refractivity contribution >= 4 is 28.0 Å². The van der Waals surface area contributed by atoms with Gasteiger partial charge in [-0.1, -0.05) is 6.07 Å². The molecular formula is C23H16F5N7O2. The third kappa shape index (κ3) is 5.03. The molecule has 3 heterocycles. The number of hydrogen-bond acceptors (Lipinski definition) is 7. The molecule has 37 heavy (non-hydrogen) atoms.